The zero-order chi connectivity index (χ0) is 34.8. The molecule has 1 aliphatic heterocycles. The summed E-state index contributed by atoms with van der Waals surface area (Å²) in [6.07, 6.45) is 12.2. The second kappa shape index (κ2) is 14.7. The van der Waals surface area contributed by atoms with E-state index >= 15 is 0 Å². The first-order chi connectivity index (χ1) is 24.2. The molecule has 50 heavy (non-hydrogen) atoms. The molecule has 2 unspecified atom stereocenters. The van der Waals surface area contributed by atoms with Crippen LogP contribution in [0.1, 0.15) is 105 Å². The number of likely N-dealkylation sites (tertiary alicyclic amines) is 1. The Morgan fingerprint density at radius 2 is 1.76 bits per heavy atom. The van der Waals surface area contributed by atoms with Crippen LogP contribution in [0.3, 0.4) is 0 Å². The Bertz CT molecular complexity index is 1660. The molecule has 0 radical (unpaired) electrons. The monoisotopic (exact) mass is 684 g/mol. The average molecular weight is 685 g/mol. The highest BCUT2D eigenvalue weighted by atomic mass is 16.6. The van der Waals surface area contributed by atoms with E-state index in [0.29, 0.717) is 56.1 Å². The Balaban J connectivity index is 1.07. The maximum absolute atomic E-state index is 14.6. The third-order valence-electron chi connectivity index (χ3n) is 11.3. The Morgan fingerprint density at radius 1 is 0.980 bits per heavy atom. The van der Waals surface area contributed by atoms with Gasteiger partial charge in [0.2, 0.25) is 0 Å². The maximum Gasteiger partial charge on any atom is 0.410 e. The van der Waals surface area contributed by atoms with Crippen molar-refractivity contribution < 1.29 is 23.5 Å². The van der Waals surface area contributed by atoms with Gasteiger partial charge in [-0.3, -0.25) is 14.8 Å². The van der Waals surface area contributed by atoms with Gasteiger partial charge in [0.05, 0.1) is 18.7 Å². The standard InChI is InChI=1S/C39H52N6O5/c1-25-35(48-4)15-14-32(42-25)28-10-8-26(9-11-28)20-41-37(46)39(50-38(47)45-22-27(23-45)21-44(2)3)17-6-5-7-31(39)33-19-30(16-18-40-33)34-24-49-36(43-34)29-12-13-29/h14-16,18-19,24,26-29,31H,5-13,17,20-23H2,1-4H3,(H,41,46). The summed E-state index contributed by atoms with van der Waals surface area (Å²) in [4.78, 5) is 46.6. The summed E-state index contributed by atoms with van der Waals surface area (Å²) in [5.41, 5.74) is 3.09. The summed E-state index contributed by atoms with van der Waals surface area (Å²) in [6, 6.07) is 8.03. The van der Waals surface area contributed by atoms with Crippen molar-refractivity contribution in [2.24, 2.45) is 11.8 Å². The summed E-state index contributed by atoms with van der Waals surface area (Å²) in [5.74, 6) is 2.57. The molecule has 268 valence electrons. The van der Waals surface area contributed by atoms with Gasteiger partial charge in [-0.2, -0.15) is 0 Å². The SMILES string of the molecule is COc1ccc(C2CCC(CNC(=O)C3(OC(=O)N4CC(CN(C)C)C4)CCCCC3c3cc(-c4coc(C5CC5)n4)ccn3)CC2)nc1C. The second-order valence-electron chi connectivity index (χ2n) is 15.4. The van der Waals surface area contributed by atoms with Gasteiger partial charge in [-0.05, 0) is 109 Å². The predicted molar refractivity (Wildman–Crippen MR) is 189 cm³/mol. The molecule has 1 N–H and O–H groups in total. The van der Waals surface area contributed by atoms with E-state index < -0.39 is 11.7 Å². The number of methoxy groups -OCH3 is 1. The molecule has 4 fully saturated rings. The second-order valence-corrected chi connectivity index (χ2v) is 15.4. The number of rotatable bonds is 11. The van der Waals surface area contributed by atoms with E-state index in [-0.39, 0.29) is 11.8 Å². The highest BCUT2D eigenvalue weighted by Crippen LogP contribution is 2.45. The molecule has 3 aromatic rings. The highest BCUT2D eigenvalue weighted by molar-refractivity contribution is 5.89. The van der Waals surface area contributed by atoms with Gasteiger partial charge in [0.25, 0.3) is 5.91 Å². The first-order valence-corrected chi connectivity index (χ1v) is 18.6. The van der Waals surface area contributed by atoms with Crippen LogP contribution >= 0.6 is 0 Å². The number of hydrogen-bond donors (Lipinski definition) is 1. The molecule has 3 aromatic heterocycles. The molecule has 7 rings (SSSR count). The maximum atomic E-state index is 14.6. The minimum Gasteiger partial charge on any atom is -0.495 e. The van der Waals surface area contributed by atoms with Crippen molar-refractivity contribution in [3.8, 4) is 17.0 Å². The third-order valence-corrected chi connectivity index (χ3v) is 11.3. The Hall–Kier alpha value is -3.99. The van der Waals surface area contributed by atoms with Crippen LogP contribution in [-0.4, -0.2) is 89.7 Å². The lowest BCUT2D eigenvalue weighted by Crippen LogP contribution is -2.60. The molecular weight excluding hydrogens is 632 g/mol. The molecule has 11 heteroatoms. The van der Waals surface area contributed by atoms with Gasteiger partial charge in [-0.15, -0.1) is 0 Å². The Labute approximate surface area is 295 Å². The van der Waals surface area contributed by atoms with Crippen molar-refractivity contribution in [1.29, 1.82) is 0 Å². The van der Waals surface area contributed by atoms with E-state index in [2.05, 4.69) is 16.3 Å². The van der Waals surface area contributed by atoms with Crippen molar-refractivity contribution in [3.05, 3.63) is 59.7 Å². The lowest BCUT2D eigenvalue weighted by molar-refractivity contribution is -0.149. The van der Waals surface area contributed by atoms with Crippen LogP contribution < -0.4 is 10.1 Å². The molecule has 1 saturated heterocycles. The number of carbonyl (C=O) groups excluding carboxylic acids is 2. The van der Waals surface area contributed by atoms with Crippen molar-refractivity contribution in [1.82, 2.24) is 30.1 Å². The van der Waals surface area contributed by atoms with Crippen molar-refractivity contribution in [2.45, 2.75) is 94.5 Å². The predicted octanol–water partition coefficient (Wildman–Crippen LogP) is 6.44. The van der Waals surface area contributed by atoms with Crippen molar-refractivity contribution in [2.75, 3.05) is 47.4 Å². The zero-order valence-electron chi connectivity index (χ0n) is 30.0. The van der Waals surface area contributed by atoms with Gasteiger partial charge in [0, 0.05) is 67.1 Å². The molecule has 3 aliphatic carbocycles. The fourth-order valence-corrected chi connectivity index (χ4v) is 8.34. The third kappa shape index (κ3) is 7.38. The number of aromatic nitrogens is 3. The number of nitrogens with zero attached hydrogens (tertiary/aromatic N) is 5. The van der Waals surface area contributed by atoms with Crippen LogP contribution in [0.5, 0.6) is 5.75 Å². The highest BCUT2D eigenvalue weighted by Gasteiger charge is 2.53. The van der Waals surface area contributed by atoms with E-state index in [1.807, 2.05) is 39.2 Å². The van der Waals surface area contributed by atoms with E-state index in [1.165, 1.54) is 0 Å². The summed E-state index contributed by atoms with van der Waals surface area (Å²) in [5, 5.41) is 3.30. The van der Waals surface area contributed by atoms with E-state index in [1.54, 1.807) is 24.5 Å². The Kier molecular flexibility index (Phi) is 10.1. The van der Waals surface area contributed by atoms with Gasteiger partial charge in [-0.25, -0.2) is 9.78 Å². The largest absolute Gasteiger partial charge is 0.495 e. The quantitative estimate of drug-likeness (QED) is 0.243. The van der Waals surface area contributed by atoms with Gasteiger partial charge in [-0.1, -0.05) is 6.42 Å². The lowest BCUT2D eigenvalue weighted by atomic mass is 9.72. The summed E-state index contributed by atoms with van der Waals surface area (Å²) >= 11 is 0. The normalized spacial score (nSPS) is 25.6. The number of hydrogen-bond acceptors (Lipinski definition) is 9. The van der Waals surface area contributed by atoms with E-state index in [0.717, 1.165) is 97.9 Å². The topological polar surface area (TPSA) is 123 Å². The number of oxazole rings is 1. The van der Waals surface area contributed by atoms with Gasteiger partial charge >= 0.3 is 6.09 Å². The number of nitrogens with one attached hydrogen (secondary N) is 1. The molecule has 4 aliphatic rings. The van der Waals surface area contributed by atoms with Crippen molar-refractivity contribution >= 4 is 12.0 Å². The number of amides is 2. The smallest absolute Gasteiger partial charge is 0.410 e. The Morgan fingerprint density at radius 3 is 2.48 bits per heavy atom. The van der Waals surface area contributed by atoms with E-state index in [9.17, 15) is 9.59 Å². The fraction of sp³-hybridized carbons (Fsp3) is 0.615. The molecule has 3 saturated carbocycles. The molecular formula is C39H52N6O5. The number of aryl methyl sites for hydroxylation is 1. The minimum atomic E-state index is -1.35. The lowest BCUT2D eigenvalue weighted by Gasteiger charge is -2.45. The zero-order valence-corrected chi connectivity index (χ0v) is 30.0. The van der Waals surface area contributed by atoms with Gasteiger partial charge in [0.1, 0.15) is 17.7 Å². The molecule has 0 bridgehead atoms. The van der Waals surface area contributed by atoms with Gasteiger partial charge in [0.15, 0.2) is 11.5 Å². The summed E-state index contributed by atoms with van der Waals surface area (Å²) < 4.78 is 17.7. The van der Waals surface area contributed by atoms with E-state index in [4.69, 9.17) is 28.8 Å². The summed E-state index contributed by atoms with van der Waals surface area (Å²) in [7, 11) is 5.76. The fourth-order valence-electron chi connectivity index (χ4n) is 8.34. The molecule has 0 aromatic carbocycles. The van der Waals surface area contributed by atoms with Crippen LogP contribution in [0.2, 0.25) is 0 Å². The molecule has 11 nitrogen and oxygen atoms in total. The minimum absolute atomic E-state index is 0.208. The van der Waals surface area contributed by atoms with Gasteiger partial charge < -0.3 is 29.0 Å². The molecule has 2 atom stereocenters. The van der Waals surface area contributed by atoms with Crippen LogP contribution in [0.4, 0.5) is 4.79 Å². The first kappa shape index (κ1) is 34.5. The van der Waals surface area contributed by atoms with Crippen LogP contribution in [0.25, 0.3) is 11.3 Å². The average Bonchev–Trinajstić information content (AvgIpc) is 3.84. The van der Waals surface area contributed by atoms with Crippen molar-refractivity contribution in [3.63, 3.8) is 0 Å². The van der Waals surface area contributed by atoms with Crippen LogP contribution in [0, 0.1) is 18.8 Å². The first-order valence-electron chi connectivity index (χ1n) is 18.6. The number of ether oxygens (including phenoxy) is 2. The molecule has 2 amide bonds. The molecule has 0 spiro atoms. The number of carbonyl (C=O) groups is 2. The number of pyridine rings is 2. The summed E-state index contributed by atoms with van der Waals surface area (Å²) in [6.45, 7) is 4.72. The van der Waals surface area contributed by atoms with Crippen LogP contribution in [0.15, 0.2) is 41.1 Å². The van der Waals surface area contributed by atoms with Crippen LogP contribution in [-0.2, 0) is 9.53 Å². The molecule has 4 heterocycles.